The highest BCUT2D eigenvalue weighted by Crippen LogP contribution is 2.39. The standard InChI is InChI=1S/C22H18N4O4S2/c1-12-6-7-13-15(11-23)21(32-19(13)10-12)25-22(31)24-20(27)18-9-8-17(30-18)14-4-2-3-5-16(14)26(28)29/h2-5,8-9,12H,6-7,10H2,1H3,(H2,24,25,27,31). The van der Waals surface area contributed by atoms with Crippen LogP contribution in [0.25, 0.3) is 11.3 Å². The van der Waals surface area contributed by atoms with E-state index in [0.29, 0.717) is 16.5 Å². The van der Waals surface area contributed by atoms with Crippen molar-refractivity contribution in [1.82, 2.24) is 5.32 Å². The Kier molecular flexibility index (Phi) is 6.03. The van der Waals surface area contributed by atoms with Crippen LogP contribution in [0, 0.1) is 27.4 Å². The molecule has 8 nitrogen and oxygen atoms in total. The van der Waals surface area contributed by atoms with Gasteiger partial charge in [-0.2, -0.15) is 5.26 Å². The molecule has 0 spiro atoms. The number of furan rings is 1. The Morgan fingerprint density at radius 1 is 1.34 bits per heavy atom. The Labute approximate surface area is 193 Å². The van der Waals surface area contributed by atoms with E-state index < -0.39 is 10.8 Å². The van der Waals surface area contributed by atoms with Crippen molar-refractivity contribution in [3.8, 4) is 17.4 Å². The number of thiocarbonyl (C=S) groups is 1. The molecule has 1 amide bonds. The van der Waals surface area contributed by atoms with Crippen molar-refractivity contribution in [3.63, 3.8) is 0 Å². The first-order valence-corrected chi connectivity index (χ1v) is 11.1. The van der Waals surface area contributed by atoms with Crippen molar-refractivity contribution in [2.45, 2.75) is 26.2 Å². The van der Waals surface area contributed by atoms with Crippen LogP contribution in [-0.4, -0.2) is 15.9 Å². The molecule has 162 valence electrons. The van der Waals surface area contributed by atoms with Crippen LogP contribution in [0.5, 0.6) is 0 Å². The molecule has 0 radical (unpaired) electrons. The van der Waals surface area contributed by atoms with Gasteiger partial charge in [-0.05, 0) is 61.2 Å². The summed E-state index contributed by atoms with van der Waals surface area (Å²) in [5, 5.41) is 27.0. The molecule has 0 fully saturated rings. The molecule has 32 heavy (non-hydrogen) atoms. The second-order valence-electron chi connectivity index (χ2n) is 7.51. The van der Waals surface area contributed by atoms with E-state index in [1.807, 2.05) is 0 Å². The van der Waals surface area contributed by atoms with Gasteiger partial charge >= 0.3 is 0 Å². The molecule has 3 aromatic rings. The number of carbonyl (C=O) groups is 1. The number of hydrogen-bond acceptors (Lipinski definition) is 7. The third-order valence-corrected chi connectivity index (χ3v) is 6.65. The first kappa shape index (κ1) is 21.7. The average Bonchev–Trinajstić information content (AvgIpc) is 3.37. The van der Waals surface area contributed by atoms with Crippen LogP contribution in [0.15, 0.2) is 40.8 Å². The number of thiophene rings is 1. The molecule has 0 aliphatic heterocycles. The molecule has 4 rings (SSSR count). The summed E-state index contributed by atoms with van der Waals surface area (Å²) < 4.78 is 5.54. The summed E-state index contributed by atoms with van der Waals surface area (Å²) in [6.45, 7) is 2.19. The minimum absolute atomic E-state index is 0.0397. The van der Waals surface area contributed by atoms with E-state index in [0.717, 1.165) is 24.8 Å². The Morgan fingerprint density at radius 3 is 2.88 bits per heavy atom. The Morgan fingerprint density at radius 2 is 2.12 bits per heavy atom. The number of para-hydroxylation sites is 1. The van der Waals surface area contributed by atoms with E-state index in [4.69, 9.17) is 16.6 Å². The number of nitrogens with one attached hydrogen (secondary N) is 2. The molecule has 1 unspecified atom stereocenters. The van der Waals surface area contributed by atoms with Crippen molar-refractivity contribution in [3.05, 3.63) is 68.3 Å². The predicted octanol–water partition coefficient (Wildman–Crippen LogP) is 5.04. The van der Waals surface area contributed by atoms with Gasteiger partial charge in [0, 0.05) is 10.9 Å². The zero-order valence-electron chi connectivity index (χ0n) is 17.0. The number of amides is 1. The largest absolute Gasteiger partial charge is 0.451 e. The monoisotopic (exact) mass is 466 g/mol. The lowest BCUT2D eigenvalue weighted by Gasteiger charge is -2.17. The van der Waals surface area contributed by atoms with E-state index in [1.165, 1.54) is 34.4 Å². The van der Waals surface area contributed by atoms with Gasteiger partial charge < -0.3 is 9.73 Å². The van der Waals surface area contributed by atoms with Gasteiger partial charge in [0.1, 0.15) is 16.8 Å². The van der Waals surface area contributed by atoms with Gasteiger partial charge in [-0.1, -0.05) is 19.1 Å². The number of hydrogen-bond donors (Lipinski definition) is 2. The maximum Gasteiger partial charge on any atom is 0.293 e. The first-order valence-electron chi connectivity index (χ1n) is 9.88. The highest BCUT2D eigenvalue weighted by molar-refractivity contribution is 7.80. The molecule has 0 saturated heterocycles. The van der Waals surface area contributed by atoms with Crippen LogP contribution in [0.3, 0.4) is 0 Å². The minimum Gasteiger partial charge on any atom is -0.451 e. The van der Waals surface area contributed by atoms with E-state index in [2.05, 4.69) is 23.6 Å². The van der Waals surface area contributed by atoms with Gasteiger partial charge in [0.15, 0.2) is 10.9 Å². The number of nitro benzene ring substituents is 1. The van der Waals surface area contributed by atoms with Crippen LogP contribution in [0.4, 0.5) is 10.7 Å². The summed E-state index contributed by atoms with van der Waals surface area (Å²) in [7, 11) is 0. The summed E-state index contributed by atoms with van der Waals surface area (Å²) in [5.41, 5.74) is 1.79. The number of benzene rings is 1. The molecule has 1 aliphatic rings. The number of anilines is 1. The van der Waals surface area contributed by atoms with E-state index in [-0.39, 0.29) is 27.9 Å². The van der Waals surface area contributed by atoms with Gasteiger partial charge in [0.05, 0.1) is 16.1 Å². The lowest BCUT2D eigenvalue weighted by Crippen LogP contribution is -2.33. The highest BCUT2D eigenvalue weighted by Gasteiger charge is 2.25. The van der Waals surface area contributed by atoms with Gasteiger partial charge in [0.2, 0.25) is 0 Å². The molecule has 1 aromatic carbocycles. The van der Waals surface area contributed by atoms with Gasteiger partial charge in [-0.25, -0.2) is 0 Å². The van der Waals surface area contributed by atoms with Crippen molar-refractivity contribution < 1.29 is 14.1 Å². The lowest BCUT2D eigenvalue weighted by molar-refractivity contribution is -0.384. The number of nitrogens with zero attached hydrogens (tertiary/aromatic N) is 2. The molecular formula is C22H18N4O4S2. The zero-order valence-corrected chi connectivity index (χ0v) is 18.6. The first-order chi connectivity index (χ1) is 15.4. The van der Waals surface area contributed by atoms with E-state index in [9.17, 15) is 20.2 Å². The zero-order chi connectivity index (χ0) is 22.8. The quantitative estimate of drug-likeness (QED) is 0.314. The summed E-state index contributed by atoms with van der Waals surface area (Å²) in [6, 6.07) is 11.3. The fourth-order valence-corrected chi connectivity index (χ4v) is 5.33. The molecule has 0 bridgehead atoms. The SMILES string of the molecule is CC1CCc2c(sc(NC(=S)NC(=O)c3ccc(-c4ccccc4[N+](=O)[O-])o3)c2C#N)C1. The summed E-state index contributed by atoms with van der Waals surface area (Å²) >= 11 is 6.75. The van der Waals surface area contributed by atoms with Crippen LogP contribution in [0.2, 0.25) is 0 Å². The average molecular weight is 467 g/mol. The molecular weight excluding hydrogens is 448 g/mol. The third-order valence-electron chi connectivity index (χ3n) is 5.27. The number of nitriles is 1. The summed E-state index contributed by atoms with van der Waals surface area (Å²) in [4.78, 5) is 24.5. The van der Waals surface area contributed by atoms with Crippen LogP contribution < -0.4 is 10.6 Å². The minimum atomic E-state index is -0.596. The molecule has 2 aromatic heterocycles. The molecule has 1 aliphatic carbocycles. The molecule has 0 saturated carbocycles. The normalized spacial score (nSPS) is 14.8. The van der Waals surface area contributed by atoms with Crippen molar-refractivity contribution in [2.75, 3.05) is 5.32 Å². The molecule has 2 heterocycles. The number of rotatable bonds is 4. The number of nitro groups is 1. The van der Waals surface area contributed by atoms with E-state index in [1.54, 1.807) is 18.2 Å². The van der Waals surface area contributed by atoms with Crippen LogP contribution in [-0.2, 0) is 12.8 Å². The fourth-order valence-electron chi connectivity index (χ4n) is 3.70. The maximum atomic E-state index is 12.6. The van der Waals surface area contributed by atoms with Crippen LogP contribution >= 0.6 is 23.6 Å². The highest BCUT2D eigenvalue weighted by atomic mass is 32.1. The topological polar surface area (TPSA) is 121 Å². The van der Waals surface area contributed by atoms with Gasteiger partial charge in [0.25, 0.3) is 11.6 Å². The summed E-state index contributed by atoms with van der Waals surface area (Å²) in [5.74, 6) is 0.136. The molecule has 10 heteroatoms. The molecule has 2 N–H and O–H groups in total. The fraction of sp³-hybridized carbons (Fsp3) is 0.227. The van der Waals surface area contributed by atoms with Crippen molar-refractivity contribution >= 4 is 45.3 Å². The van der Waals surface area contributed by atoms with Gasteiger partial charge in [-0.15, -0.1) is 11.3 Å². The Balaban J connectivity index is 1.48. The second kappa shape index (κ2) is 8.90. The maximum absolute atomic E-state index is 12.6. The Hall–Kier alpha value is -3.55. The predicted molar refractivity (Wildman–Crippen MR) is 125 cm³/mol. The van der Waals surface area contributed by atoms with E-state index >= 15 is 0 Å². The second-order valence-corrected chi connectivity index (χ2v) is 9.03. The van der Waals surface area contributed by atoms with Crippen LogP contribution in [0.1, 0.15) is 39.9 Å². The van der Waals surface area contributed by atoms with Crippen molar-refractivity contribution in [2.24, 2.45) is 5.92 Å². The smallest absolute Gasteiger partial charge is 0.293 e. The Bertz CT molecular complexity index is 1270. The third kappa shape index (κ3) is 4.26. The number of carbonyl (C=O) groups excluding carboxylic acids is 1. The van der Waals surface area contributed by atoms with Crippen molar-refractivity contribution in [1.29, 1.82) is 5.26 Å². The molecule has 1 atom stereocenters. The lowest BCUT2D eigenvalue weighted by atomic mass is 9.89. The number of fused-ring (bicyclic) bond motifs is 1. The summed E-state index contributed by atoms with van der Waals surface area (Å²) in [6.07, 6.45) is 2.83. The van der Waals surface area contributed by atoms with Gasteiger partial charge in [-0.3, -0.25) is 20.2 Å².